The Kier molecular flexibility index (Phi) is 12.5. The summed E-state index contributed by atoms with van der Waals surface area (Å²) in [4.78, 5) is 58.3. The van der Waals surface area contributed by atoms with Crippen molar-refractivity contribution in [1.29, 1.82) is 0 Å². The highest BCUT2D eigenvalue weighted by Gasteiger charge is 2.29. The molecule has 10 nitrogen and oxygen atoms in total. The average molecular weight is 512 g/mol. The van der Waals surface area contributed by atoms with Crippen LogP contribution in [0.1, 0.15) is 33.1 Å². The molecule has 1 fully saturated rings. The molecule has 0 spiro atoms. The molecule has 4 amide bonds. The van der Waals surface area contributed by atoms with Gasteiger partial charge in [-0.1, -0.05) is 25.4 Å². The fourth-order valence-electron chi connectivity index (χ4n) is 1.95. The number of aromatic nitrogens is 2. The lowest BCUT2D eigenvalue weighted by Gasteiger charge is -2.23. The Hall–Kier alpha value is -1.32. The largest absolute Gasteiger partial charge is 0.339 e. The first kappa shape index (κ1) is 27.7. The van der Waals surface area contributed by atoms with Crippen LogP contribution in [0.25, 0.3) is 0 Å². The van der Waals surface area contributed by atoms with Crippen LogP contribution in [0.15, 0.2) is 15.7 Å². The summed E-state index contributed by atoms with van der Waals surface area (Å²) < 4.78 is 10.6. The maximum absolute atomic E-state index is 11.1. The number of carbonyl (C=O) groups is 3. The molecule has 1 aliphatic rings. The van der Waals surface area contributed by atoms with Gasteiger partial charge in [-0.25, -0.2) is 9.59 Å². The van der Waals surface area contributed by atoms with Crippen molar-refractivity contribution in [2.75, 3.05) is 6.54 Å². The number of nitrogens with one attached hydrogen (secondary N) is 2. The molecule has 0 atom stereocenters. The fraction of sp³-hybridized carbons (Fsp3) is 0.500. The van der Waals surface area contributed by atoms with Gasteiger partial charge < -0.3 is 0 Å². The van der Waals surface area contributed by atoms with Crippen LogP contribution in [-0.4, -0.2) is 38.8 Å². The third-order valence-corrected chi connectivity index (χ3v) is 3.19. The minimum atomic E-state index is -3.22. The van der Waals surface area contributed by atoms with Gasteiger partial charge in [-0.2, -0.15) is 0 Å². The lowest BCUT2D eigenvalue weighted by atomic mass is 10.3. The van der Waals surface area contributed by atoms with Gasteiger partial charge in [0.2, 0.25) is 11.8 Å². The minimum absolute atomic E-state index is 0.0809. The van der Waals surface area contributed by atoms with E-state index < -0.39 is 28.7 Å². The van der Waals surface area contributed by atoms with Crippen molar-refractivity contribution in [1.82, 2.24) is 19.8 Å². The monoisotopic (exact) mass is 510 g/mol. The molecule has 0 aromatic carbocycles. The number of hydrogen-bond acceptors (Lipinski definition) is 6. The second kappa shape index (κ2) is 13.1. The van der Waals surface area contributed by atoms with Crippen molar-refractivity contribution in [3.8, 4) is 0 Å². The van der Waals surface area contributed by atoms with E-state index >= 15 is 0 Å². The quantitative estimate of drug-likeness (QED) is 0.361. The maximum Gasteiger partial charge on any atom is 0.339 e. The van der Waals surface area contributed by atoms with Crippen molar-refractivity contribution >= 4 is 68.4 Å². The summed E-state index contributed by atoms with van der Waals surface area (Å²) in [5, 5.41) is -1.07. The smallest absolute Gasteiger partial charge is 0.298 e. The molecule has 29 heavy (non-hydrogen) atoms. The molecule has 2 N–H and O–H groups in total. The van der Waals surface area contributed by atoms with E-state index in [0.29, 0.717) is 19.5 Å². The molecule has 0 saturated carbocycles. The van der Waals surface area contributed by atoms with Crippen LogP contribution in [0, 0.1) is 0 Å². The molecule has 0 bridgehead atoms. The molecule has 1 aliphatic heterocycles. The molecule has 0 radical (unpaired) electrons. The molecular weight excluding hydrogens is 493 g/mol. The SMILES string of the molecule is CCCN1C(=O)CC(=O)NC1=O.CCCn1c(=O)cc(Cl)[nH]c1=O.O=P(Cl)(Cl)Cl. The van der Waals surface area contributed by atoms with Gasteiger partial charge in [-0.15, -0.1) is 0 Å². The molecule has 0 aliphatic carbocycles. The number of nitrogens with zero attached hydrogens (tertiary/aromatic N) is 2. The van der Waals surface area contributed by atoms with Crippen molar-refractivity contribution in [2.24, 2.45) is 0 Å². The summed E-state index contributed by atoms with van der Waals surface area (Å²) in [7, 11) is 0. The molecular formula is C14H19Cl4N4O6P. The predicted molar refractivity (Wildman–Crippen MR) is 112 cm³/mol. The van der Waals surface area contributed by atoms with E-state index in [1.54, 1.807) is 0 Å². The fourth-order valence-corrected chi connectivity index (χ4v) is 2.13. The molecule has 15 heteroatoms. The van der Waals surface area contributed by atoms with Crippen molar-refractivity contribution < 1.29 is 18.9 Å². The average Bonchev–Trinajstić information content (AvgIpc) is 2.53. The Bertz CT molecular complexity index is 837. The number of carbonyl (C=O) groups excluding carboxylic acids is 3. The van der Waals surface area contributed by atoms with E-state index in [4.69, 9.17) is 11.6 Å². The zero-order valence-corrected chi connectivity index (χ0v) is 19.3. The standard InChI is InChI=1S/C7H9ClN2O2.C7H10N2O3.Cl3OP/c1-2-3-10-6(11)4-5(8)9-7(10)12;1-2-3-9-6(11)4-5(10)8-7(9)12;1-5(2,3)4/h4H,2-3H2,1H3,(H,9,12);2-4H2,1H3,(H,8,10,12);. The van der Waals surface area contributed by atoms with Crippen molar-refractivity contribution in [2.45, 2.75) is 39.7 Å². The number of urea groups is 1. The number of amides is 4. The summed E-state index contributed by atoms with van der Waals surface area (Å²) >= 11 is 19.3. The van der Waals surface area contributed by atoms with Gasteiger partial charge in [0.05, 0.1) is 0 Å². The second-order valence-electron chi connectivity index (χ2n) is 5.39. The zero-order chi connectivity index (χ0) is 22.8. The summed E-state index contributed by atoms with van der Waals surface area (Å²) in [6, 6.07) is 0.594. The van der Waals surface area contributed by atoms with E-state index in [0.717, 1.165) is 15.9 Å². The van der Waals surface area contributed by atoms with Crippen LogP contribution in [0.4, 0.5) is 4.79 Å². The van der Waals surface area contributed by atoms with Crippen LogP contribution in [0.5, 0.6) is 0 Å². The second-order valence-corrected chi connectivity index (χ2v) is 12.4. The first-order chi connectivity index (χ1) is 13.3. The summed E-state index contributed by atoms with van der Waals surface area (Å²) in [6.45, 7) is 4.54. The van der Waals surface area contributed by atoms with E-state index in [2.05, 4.69) is 44.0 Å². The van der Waals surface area contributed by atoms with Crippen LogP contribution in [0.3, 0.4) is 0 Å². The maximum atomic E-state index is 11.1. The number of halogens is 4. The van der Waals surface area contributed by atoms with E-state index in [1.165, 1.54) is 6.07 Å². The van der Waals surface area contributed by atoms with E-state index in [9.17, 15) is 28.5 Å². The van der Waals surface area contributed by atoms with Crippen LogP contribution in [0.2, 0.25) is 5.15 Å². The molecule has 1 aromatic heterocycles. The van der Waals surface area contributed by atoms with Crippen LogP contribution >= 0.6 is 50.5 Å². The number of hydrogen-bond donors (Lipinski definition) is 2. The molecule has 164 valence electrons. The van der Waals surface area contributed by atoms with E-state index in [-0.39, 0.29) is 17.1 Å². The highest BCUT2D eigenvalue weighted by atomic mass is 36.0. The van der Waals surface area contributed by atoms with Crippen LogP contribution < -0.4 is 16.6 Å². The van der Waals surface area contributed by atoms with Gasteiger partial charge in [0, 0.05) is 19.2 Å². The Morgan fingerprint density at radius 2 is 1.55 bits per heavy atom. The first-order valence-electron chi connectivity index (χ1n) is 8.12. The number of H-pyrrole nitrogens is 1. The Labute approximate surface area is 185 Å². The molecule has 1 saturated heterocycles. The molecule has 0 unspecified atom stereocenters. The van der Waals surface area contributed by atoms with Gasteiger partial charge in [0.1, 0.15) is 11.6 Å². The number of aromatic amines is 1. The highest BCUT2D eigenvalue weighted by molar-refractivity contribution is 8.24. The Balaban J connectivity index is 0.000000442. The zero-order valence-electron chi connectivity index (χ0n) is 15.4. The Morgan fingerprint density at radius 1 is 1.03 bits per heavy atom. The third-order valence-electron chi connectivity index (χ3n) is 2.99. The number of imide groups is 2. The van der Waals surface area contributed by atoms with E-state index in [1.807, 2.05) is 13.8 Å². The van der Waals surface area contributed by atoms with Gasteiger partial charge in [0.25, 0.3) is 5.56 Å². The number of rotatable bonds is 4. The third kappa shape index (κ3) is 12.1. The minimum Gasteiger partial charge on any atom is -0.298 e. The van der Waals surface area contributed by atoms with Crippen LogP contribution in [-0.2, 0) is 20.7 Å². The first-order valence-corrected chi connectivity index (χ1v) is 12.9. The van der Waals surface area contributed by atoms with Gasteiger partial charge in [-0.05, 0) is 46.6 Å². The lowest BCUT2D eigenvalue weighted by molar-refractivity contribution is -0.136. The lowest BCUT2D eigenvalue weighted by Crippen LogP contribution is -2.52. The number of barbiturate groups is 1. The molecule has 2 rings (SSSR count). The normalized spacial score (nSPS) is 13.7. The predicted octanol–water partition coefficient (Wildman–Crippen LogP) is 3.28. The molecule has 1 aromatic rings. The molecule has 2 heterocycles. The van der Waals surface area contributed by atoms with Gasteiger partial charge in [-0.3, -0.25) is 38.7 Å². The Morgan fingerprint density at radius 3 is 1.97 bits per heavy atom. The summed E-state index contributed by atoms with van der Waals surface area (Å²) in [6.07, 6.45) is 1.23. The topological polar surface area (TPSA) is 138 Å². The highest BCUT2D eigenvalue weighted by Crippen LogP contribution is 2.61. The van der Waals surface area contributed by atoms with Gasteiger partial charge in [0.15, 0.2) is 0 Å². The van der Waals surface area contributed by atoms with Gasteiger partial charge >= 0.3 is 16.9 Å². The van der Waals surface area contributed by atoms with Crippen molar-refractivity contribution in [3.05, 3.63) is 32.1 Å². The summed E-state index contributed by atoms with van der Waals surface area (Å²) in [5.41, 5.74) is -0.806. The van der Waals surface area contributed by atoms with Crippen molar-refractivity contribution in [3.63, 3.8) is 0 Å². The summed E-state index contributed by atoms with van der Waals surface area (Å²) in [5.74, 6) is -0.928.